The van der Waals surface area contributed by atoms with Crippen LogP contribution in [0.2, 0.25) is 0 Å². The molecule has 0 atom stereocenters. The van der Waals surface area contributed by atoms with Crippen LogP contribution in [0.15, 0.2) is 0 Å². The first-order valence-electron chi connectivity index (χ1n) is 3.07. The van der Waals surface area contributed by atoms with E-state index in [-0.39, 0.29) is 11.6 Å². The second kappa shape index (κ2) is 1.24. The van der Waals surface area contributed by atoms with Crippen molar-refractivity contribution in [2.24, 2.45) is 5.41 Å². The Hall–Kier alpha value is -0.700. The molecule has 2 rings (SSSR count). The average molecular weight is 125 g/mol. The molecule has 1 aliphatic heterocycles. The Bertz CT molecular complexity index is 175. The first-order valence-corrected chi connectivity index (χ1v) is 3.07. The monoisotopic (exact) mass is 125 g/mol. The standard InChI is InChI=1S/C6H7NO2/c8-4-5(9)6(4)1-2-7-3-6/h7H,1-3H2. The van der Waals surface area contributed by atoms with E-state index >= 15 is 0 Å². The number of carbonyl (C=O) groups excluding carboxylic acids is 2. The van der Waals surface area contributed by atoms with Gasteiger partial charge >= 0.3 is 0 Å². The number of hydrogen-bond donors (Lipinski definition) is 1. The lowest BCUT2D eigenvalue weighted by Gasteiger charge is -1.90. The van der Waals surface area contributed by atoms with Crippen LogP contribution in [0, 0.1) is 5.41 Å². The van der Waals surface area contributed by atoms with Gasteiger partial charge in [-0.05, 0) is 13.0 Å². The Balaban J connectivity index is 2.29. The summed E-state index contributed by atoms with van der Waals surface area (Å²) in [4.78, 5) is 21.3. The Morgan fingerprint density at radius 1 is 1.33 bits per heavy atom. The zero-order chi connectivity index (χ0) is 6.48. The summed E-state index contributed by atoms with van der Waals surface area (Å²) in [5.74, 6) is -0.319. The number of ketones is 2. The highest BCUT2D eigenvalue weighted by atomic mass is 16.2. The summed E-state index contributed by atoms with van der Waals surface area (Å²) in [6.07, 6.45) is 0.727. The molecule has 1 aliphatic carbocycles. The van der Waals surface area contributed by atoms with Crippen molar-refractivity contribution in [1.82, 2.24) is 5.32 Å². The number of hydrogen-bond acceptors (Lipinski definition) is 3. The first-order chi connectivity index (χ1) is 4.27. The minimum atomic E-state index is -0.528. The molecule has 0 aromatic rings. The second-order valence-electron chi connectivity index (χ2n) is 2.67. The molecule has 1 heterocycles. The van der Waals surface area contributed by atoms with Gasteiger partial charge in [0.2, 0.25) is 11.6 Å². The van der Waals surface area contributed by atoms with Crippen molar-refractivity contribution >= 4 is 11.6 Å². The fourth-order valence-corrected chi connectivity index (χ4v) is 1.38. The predicted octanol–water partition coefficient (Wildman–Crippen LogP) is -0.882. The summed E-state index contributed by atoms with van der Waals surface area (Å²) in [6.45, 7) is 1.40. The van der Waals surface area contributed by atoms with E-state index in [4.69, 9.17) is 0 Å². The summed E-state index contributed by atoms with van der Waals surface area (Å²) in [6, 6.07) is 0. The molecule has 0 aromatic carbocycles. The van der Waals surface area contributed by atoms with Crippen molar-refractivity contribution in [2.75, 3.05) is 13.1 Å². The van der Waals surface area contributed by atoms with Crippen LogP contribution < -0.4 is 5.32 Å². The molecule has 3 nitrogen and oxygen atoms in total. The van der Waals surface area contributed by atoms with Gasteiger partial charge < -0.3 is 5.32 Å². The van der Waals surface area contributed by atoms with Gasteiger partial charge in [-0.3, -0.25) is 9.59 Å². The third-order valence-corrected chi connectivity index (χ3v) is 2.17. The lowest BCUT2D eigenvalue weighted by Crippen LogP contribution is -2.11. The molecule has 1 saturated carbocycles. The molecule has 0 aromatic heterocycles. The lowest BCUT2D eigenvalue weighted by molar-refractivity contribution is -0.122. The average Bonchev–Trinajstić information content (AvgIpc) is 2.44. The van der Waals surface area contributed by atoms with Crippen LogP contribution in [0.3, 0.4) is 0 Å². The Morgan fingerprint density at radius 2 is 2.00 bits per heavy atom. The highest BCUT2D eigenvalue weighted by Gasteiger charge is 2.65. The Kier molecular flexibility index (Phi) is 0.703. The van der Waals surface area contributed by atoms with Gasteiger partial charge in [0.15, 0.2) is 0 Å². The molecule has 2 fully saturated rings. The van der Waals surface area contributed by atoms with Gasteiger partial charge in [0.25, 0.3) is 0 Å². The van der Waals surface area contributed by atoms with Crippen molar-refractivity contribution in [3.8, 4) is 0 Å². The molecule has 0 amide bonds. The van der Waals surface area contributed by atoms with Gasteiger partial charge in [0.1, 0.15) is 5.41 Å². The fraction of sp³-hybridized carbons (Fsp3) is 0.667. The van der Waals surface area contributed by atoms with Gasteiger partial charge in [-0.25, -0.2) is 0 Å². The smallest absolute Gasteiger partial charge is 0.214 e. The molecule has 1 spiro atoms. The Morgan fingerprint density at radius 3 is 2.22 bits per heavy atom. The van der Waals surface area contributed by atoms with Crippen molar-refractivity contribution in [3.63, 3.8) is 0 Å². The van der Waals surface area contributed by atoms with Crippen molar-refractivity contribution in [1.29, 1.82) is 0 Å². The summed E-state index contributed by atoms with van der Waals surface area (Å²) >= 11 is 0. The van der Waals surface area contributed by atoms with Crippen molar-refractivity contribution in [2.45, 2.75) is 6.42 Å². The molecule has 1 saturated heterocycles. The number of nitrogens with one attached hydrogen (secondary N) is 1. The van der Waals surface area contributed by atoms with E-state index in [1.807, 2.05) is 0 Å². The van der Waals surface area contributed by atoms with E-state index in [0.717, 1.165) is 13.0 Å². The highest BCUT2D eigenvalue weighted by molar-refractivity contribution is 6.63. The maximum atomic E-state index is 10.7. The summed E-state index contributed by atoms with van der Waals surface area (Å²) in [7, 11) is 0. The van der Waals surface area contributed by atoms with Gasteiger partial charge in [-0.15, -0.1) is 0 Å². The first kappa shape index (κ1) is 5.11. The molecular weight excluding hydrogens is 118 g/mol. The summed E-state index contributed by atoms with van der Waals surface area (Å²) in [5.41, 5.74) is -0.528. The van der Waals surface area contributed by atoms with Crippen LogP contribution in [0.1, 0.15) is 6.42 Å². The number of rotatable bonds is 0. The maximum absolute atomic E-state index is 10.7. The Labute approximate surface area is 52.4 Å². The molecule has 48 valence electrons. The van der Waals surface area contributed by atoms with Crippen molar-refractivity contribution < 1.29 is 9.59 Å². The molecule has 1 N–H and O–H groups in total. The van der Waals surface area contributed by atoms with Crippen LogP contribution in [0.25, 0.3) is 0 Å². The largest absolute Gasteiger partial charge is 0.315 e. The quantitative estimate of drug-likeness (QED) is 0.338. The van der Waals surface area contributed by atoms with Crippen LogP contribution in [-0.4, -0.2) is 24.7 Å². The maximum Gasteiger partial charge on any atom is 0.214 e. The molecule has 0 radical (unpaired) electrons. The topological polar surface area (TPSA) is 46.2 Å². The van der Waals surface area contributed by atoms with Crippen LogP contribution >= 0.6 is 0 Å². The minimum Gasteiger partial charge on any atom is -0.315 e. The molecule has 3 heteroatoms. The molecular formula is C6H7NO2. The lowest BCUT2D eigenvalue weighted by atomic mass is 10.1. The second-order valence-corrected chi connectivity index (χ2v) is 2.67. The third kappa shape index (κ3) is 0.412. The van der Waals surface area contributed by atoms with Gasteiger partial charge in [0.05, 0.1) is 0 Å². The van der Waals surface area contributed by atoms with Crippen molar-refractivity contribution in [3.05, 3.63) is 0 Å². The van der Waals surface area contributed by atoms with E-state index in [0.29, 0.717) is 6.54 Å². The van der Waals surface area contributed by atoms with Gasteiger partial charge in [-0.1, -0.05) is 0 Å². The molecule has 0 unspecified atom stereocenters. The predicted molar refractivity (Wildman–Crippen MR) is 29.9 cm³/mol. The summed E-state index contributed by atoms with van der Waals surface area (Å²) in [5, 5.41) is 2.99. The SMILES string of the molecule is O=C1C(=O)C12CCNC2. The van der Waals surface area contributed by atoms with Crippen LogP contribution in [0.5, 0.6) is 0 Å². The van der Waals surface area contributed by atoms with E-state index < -0.39 is 5.41 Å². The number of carbonyl (C=O) groups is 2. The van der Waals surface area contributed by atoms with E-state index in [1.54, 1.807) is 0 Å². The molecule has 2 aliphatic rings. The van der Waals surface area contributed by atoms with E-state index in [2.05, 4.69) is 5.32 Å². The van der Waals surface area contributed by atoms with Gasteiger partial charge in [0, 0.05) is 6.54 Å². The molecule has 0 bridgehead atoms. The summed E-state index contributed by atoms with van der Waals surface area (Å²) < 4.78 is 0. The zero-order valence-electron chi connectivity index (χ0n) is 4.94. The third-order valence-electron chi connectivity index (χ3n) is 2.17. The highest BCUT2D eigenvalue weighted by Crippen LogP contribution is 2.41. The number of Topliss-reactive ketones (excluding diaryl/α,β-unsaturated/α-hetero) is 2. The van der Waals surface area contributed by atoms with Crippen LogP contribution in [-0.2, 0) is 9.59 Å². The molecule has 9 heavy (non-hydrogen) atoms. The van der Waals surface area contributed by atoms with Gasteiger partial charge in [-0.2, -0.15) is 0 Å². The zero-order valence-corrected chi connectivity index (χ0v) is 4.94. The normalized spacial score (nSPS) is 29.8. The fourth-order valence-electron chi connectivity index (χ4n) is 1.38. The minimum absolute atomic E-state index is 0.160. The van der Waals surface area contributed by atoms with E-state index in [1.165, 1.54) is 0 Å². The van der Waals surface area contributed by atoms with E-state index in [9.17, 15) is 9.59 Å². The van der Waals surface area contributed by atoms with Crippen LogP contribution in [0.4, 0.5) is 0 Å².